The summed E-state index contributed by atoms with van der Waals surface area (Å²) < 4.78 is 0. The Kier molecular flexibility index (Phi) is 3.31. The van der Waals surface area contributed by atoms with Gasteiger partial charge in [0.25, 0.3) is 0 Å². The zero-order chi connectivity index (χ0) is 9.84. The Morgan fingerprint density at radius 1 is 1.46 bits per heavy atom. The van der Waals surface area contributed by atoms with E-state index < -0.39 is 0 Å². The number of nitrogen functional groups attached to an aromatic ring is 1. The summed E-state index contributed by atoms with van der Waals surface area (Å²) in [5.41, 5.74) is 5.47. The summed E-state index contributed by atoms with van der Waals surface area (Å²) >= 11 is 5.93. The number of hydrogen-bond acceptors (Lipinski definition) is 4. The van der Waals surface area contributed by atoms with E-state index >= 15 is 0 Å². The Balaban J connectivity index is 3.03. The number of anilines is 2. The fraction of sp³-hybridized carbons (Fsp3) is 0.500. The van der Waals surface area contributed by atoms with Crippen LogP contribution in [0.2, 0.25) is 5.02 Å². The van der Waals surface area contributed by atoms with E-state index in [4.69, 9.17) is 17.3 Å². The number of nitrogens with zero attached hydrogens (tertiary/aromatic N) is 3. The van der Waals surface area contributed by atoms with E-state index in [9.17, 15) is 0 Å². The molecule has 0 aliphatic heterocycles. The minimum absolute atomic E-state index is 0.256. The van der Waals surface area contributed by atoms with Crippen LogP contribution in [-0.4, -0.2) is 23.1 Å². The third kappa shape index (κ3) is 2.21. The Hall–Kier alpha value is -1.03. The van der Waals surface area contributed by atoms with Gasteiger partial charge in [0, 0.05) is 13.1 Å². The quantitative estimate of drug-likeness (QED) is 0.805. The van der Waals surface area contributed by atoms with E-state index in [1.54, 1.807) is 0 Å². The van der Waals surface area contributed by atoms with Gasteiger partial charge in [0.2, 0.25) is 5.95 Å². The van der Waals surface area contributed by atoms with Gasteiger partial charge in [-0.2, -0.15) is 4.98 Å². The van der Waals surface area contributed by atoms with Crippen molar-refractivity contribution < 1.29 is 0 Å². The SMILES string of the molecule is CCN(CC)c1nc(N)ncc1Cl. The summed E-state index contributed by atoms with van der Waals surface area (Å²) in [4.78, 5) is 9.90. The number of nitrogens with two attached hydrogens (primary N) is 1. The molecule has 0 aromatic carbocycles. The lowest BCUT2D eigenvalue weighted by Gasteiger charge is -2.20. The van der Waals surface area contributed by atoms with Gasteiger partial charge >= 0.3 is 0 Å². The maximum atomic E-state index is 5.93. The van der Waals surface area contributed by atoms with Crippen LogP contribution in [0.15, 0.2) is 6.20 Å². The molecule has 4 nitrogen and oxygen atoms in total. The van der Waals surface area contributed by atoms with Gasteiger partial charge in [0.05, 0.1) is 6.20 Å². The number of aromatic nitrogens is 2. The van der Waals surface area contributed by atoms with Crippen molar-refractivity contribution in [3.05, 3.63) is 11.2 Å². The highest BCUT2D eigenvalue weighted by Crippen LogP contribution is 2.22. The normalized spacial score (nSPS) is 10.1. The van der Waals surface area contributed by atoms with Gasteiger partial charge in [-0.15, -0.1) is 0 Å². The molecule has 0 bridgehead atoms. The molecule has 72 valence electrons. The number of rotatable bonds is 3. The van der Waals surface area contributed by atoms with Crippen LogP contribution >= 0.6 is 11.6 Å². The van der Waals surface area contributed by atoms with Gasteiger partial charge in [0.15, 0.2) is 5.82 Å². The number of halogens is 1. The fourth-order valence-corrected chi connectivity index (χ4v) is 1.33. The molecular weight excluding hydrogens is 188 g/mol. The lowest BCUT2D eigenvalue weighted by atomic mass is 10.4. The largest absolute Gasteiger partial charge is 0.368 e. The Bertz CT molecular complexity index is 285. The first-order valence-electron chi connectivity index (χ1n) is 4.22. The van der Waals surface area contributed by atoms with E-state index in [0.29, 0.717) is 10.8 Å². The summed E-state index contributed by atoms with van der Waals surface area (Å²) in [6, 6.07) is 0. The van der Waals surface area contributed by atoms with Crippen LogP contribution in [0.5, 0.6) is 0 Å². The van der Waals surface area contributed by atoms with Crippen LogP contribution in [-0.2, 0) is 0 Å². The van der Waals surface area contributed by atoms with Crippen LogP contribution in [0.3, 0.4) is 0 Å². The minimum atomic E-state index is 0.256. The molecule has 0 atom stereocenters. The Labute approximate surface area is 82.7 Å². The van der Waals surface area contributed by atoms with Crippen molar-refractivity contribution in [1.82, 2.24) is 9.97 Å². The molecule has 0 spiro atoms. The van der Waals surface area contributed by atoms with E-state index in [0.717, 1.165) is 13.1 Å². The molecule has 5 heteroatoms. The van der Waals surface area contributed by atoms with Crippen LogP contribution in [0.25, 0.3) is 0 Å². The summed E-state index contributed by atoms with van der Waals surface area (Å²) in [5, 5.41) is 0.540. The monoisotopic (exact) mass is 200 g/mol. The molecule has 0 amide bonds. The molecular formula is C8H13ClN4. The van der Waals surface area contributed by atoms with Crippen molar-refractivity contribution in [2.45, 2.75) is 13.8 Å². The average Bonchev–Trinajstić information content (AvgIpc) is 2.13. The average molecular weight is 201 g/mol. The molecule has 1 rings (SSSR count). The smallest absolute Gasteiger partial charge is 0.222 e. The van der Waals surface area contributed by atoms with E-state index in [1.807, 2.05) is 18.7 Å². The van der Waals surface area contributed by atoms with Crippen LogP contribution in [0.1, 0.15) is 13.8 Å². The van der Waals surface area contributed by atoms with Crippen molar-refractivity contribution in [3.8, 4) is 0 Å². The molecule has 1 aromatic heterocycles. The zero-order valence-electron chi connectivity index (χ0n) is 7.79. The lowest BCUT2D eigenvalue weighted by molar-refractivity contribution is 0.843. The summed E-state index contributed by atoms with van der Waals surface area (Å²) in [6.07, 6.45) is 1.53. The first-order chi connectivity index (χ1) is 6.19. The molecule has 1 aromatic rings. The minimum Gasteiger partial charge on any atom is -0.368 e. The molecule has 0 fully saturated rings. The van der Waals surface area contributed by atoms with Crippen LogP contribution in [0, 0.1) is 0 Å². The second-order valence-corrected chi connectivity index (χ2v) is 2.98. The summed E-state index contributed by atoms with van der Waals surface area (Å²) in [5.74, 6) is 0.963. The number of hydrogen-bond donors (Lipinski definition) is 1. The van der Waals surface area contributed by atoms with Gasteiger partial charge in [0.1, 0.15) is 5.02 Å². The highest BCUT2D eigenvalue weighted by Gasteiger charge is 2.09. The van der Waals surface area contributed by atoms with Gasteiger partial charge in [-0.05, 0) is 13.8 Å². The predicted molar refractivity (Wildman–Crippen MR) is 55.0 cm³/mol. The highest BCUT2D eigenvalue weighted by atomic mass is 35.5. The van der Waals surface area contributed by atoms with E-state index in [-0.39, 0.29) is 5.95 Å². The molecule has 0 saturated carbocycles. The predicted octanol–water partition coefficient (Wildman–Crippen LogP) is 1.56. The fourth-order valence-electron chi connectivity index (χ4n) is 1.12. The van der Waals surface area contributed by atoms with Crippen molar-refractivity contribution in [1.29, 1.82) is 0 Å². The van der Waals surface area contributed by atoms with E-state index in [1.165, 1.54) is 6.20 Å². The first-order valence-corrected chi connectivity index (χ1v) is 4.59. The molecule has 0 aliphatic rings. The molecule has 13 heavy (non-hydrogen) atoms. The maximum Gasteiger partial charge on any atom is 0.222 e. The summed E-state index contributed by atoms with van der Waals surface area (Å²) in [6.45, 7) is 5.79. The standard InChI is InChI=1S/C8H13ClN4/c1-3-13(4-2)7-6(9)5-11-8(10)12-7/h5H,3-4H2,1-2H3,(H2,10,11,12). The Morgan fingerprint density at radius 2 is 2.08 bits per heavy atom. The van der Waals surface area contributed by atoms with Crippen molar-refractivity contribution >= 4 is 23.4 Å². The lowest BCUT2D eigenvalue weighted by Crippen LogP contribution is -2.23. The second-order valence-electron chi connectivity index (χ2n) is 2.57. The van der Waals surface area contributed by atoms with Gasteiger partial charge in [-0.1, -0.05) is 11.6 Å². The van der Waals surface area contributed by atoms with Gasteiger partial charge < -0.3 is 10.6 Å². The van der Waals surface area contributed by atoms with Crippen molar-refractivity contribution in [2.75, 3.05) is 23.7 Å². The molecule has 0 aliphatic carbocycles. The third-order valence-corrected chi connectivity index (χ3v) is 2.07. The molecule has 1 heterocycles. The third-order valence-electron chi connectivity index (χ3n) is 1.81. The highest BCUT2D eigenvalue weighted by molar-refractivity contribution is 6.32. The van der Waals surface area contributed by atoms with Crippen molar-refractivity contribution in [3.63, 3.8) is 0 Å². The molecule has 0 unspecified atom stereocenters. The molecule has 0 radical (unpaired) electrons. The van der Waals surface area contributed by atoms with Crippen LogP contribution < -0.4 is 10.6 Å². The van der Waals surface area contributed by atoms with Crippen molar-refractivity contribution in [2.24, 2.45) is 0 Å². The molecule has 2 N–H and O–H groups in total. The zero-order valence-corrected chi connectivity index (χ0v) is 8.54. The Morgan fingerprint density at radius 3 is 2.62 bits per heavy atom. The first kappa shape index (κ1) is 10.1. The van der Waals surface area contributed by atoms with Crippen LogP contribution in [0.4, 0.5) is 11.8 Å². The van der Waals surface area contributed by atoms with Gasteiger partial charge in [-0.3, -0.25) is 0 Å². The van der Waals surface area contributed by atoms with Gasteiger partial charge in [-0.25, -0.2) is 4.98 Å². The topological polar surface area (TPSA) is 55.0 Å². The second kappa shape index (κ2) is 4.28. The van der Waals surface area contributed by atoms with E-state index in [2.05, 4.69) is 9.97 Å². The summed E-state index contributed by atoms with van der Waals surface area (Å²) in [7, 11) is 0. The molecule has 0 saturated heterocycles. The maximum absolute atomic E-state index is 5.93.